The van der Waals surface area contributed by atoms with Crippen molar-refractivity contribution in [1.82, 2.24) is 4.98 Å². The molecule has 1 aromatic heterocycles. The number of ether oxygens (including phenoxy) is 1. The van der Waals surface area contributed by atoms with Crippen LogP contribution in [-0.2, 0) is 0 Å². The summed E-state index contributed by atoms with van der Waals surface area (Å²) in [5, 5.41) is 3.37. The third-order valence-corrected chi connectivity index (χ3v) is 3.22. The number of methoxy groups -OCH3 is 1. The lowest BCUT2D eigenvalue weighted by atomic mass is 10.1. The van der Waals surface area contributed by atoms with Crippen LogP contribution in [-0.4, -0.2) is 17.1 Å². The Kier molecular flexibility index (Phi) is 4.53. The molecule has 0 saturated heterocycles. The van der Waals surface area contributed by atoms with Crippen LogP contribution >= 0.6 is 12.2 Å². The van der Waals surface area contributed by atoms with Crippen molar-refractivity contribution in [3.63, 3.8) is 0 Å². The first kappa shape index (κ1) is 14.3. The summed E-state index contributed by atoms with van der Waals surface area (Å²) in [5.41, 5.74) is 8.24. The summed E-state index contributed by atoms with van der Waals surface area (Å²) >= 11 is 4.88. The molecular weight excluding hydrogens is 270 g/mol. The smallest absolute Gasteiger partial charge is 0.122 e. The van der Waals surface area contributed by atoms with Gasteiger partial charge in [-0.1, -0.05) is 24.4 Å². The first-order valence-corrected chi connectivity index (χ1v) is 6.67. The summed E-state index contributed by atoms with van der Waals surface area (Å²) < 4.78 is 5.15. The predicted octanol–water partition coefficient (Wildman–Crippen LogP) is 2.90. The molecule has 0 aliphatic carbocycles. The molecule has 2 rings (SSSR count). The summed E-state index contributed by atoms with van der Waals surface area (Å²) in [6, 6.07) is 11.9. The van der Waals surface area contributed by atoms with E-state index in [1.165, 1.54) is 5.56 Å². The number of hydrogen-bond donors (Lipinski definition) is 2. The molecule has 0 aliphatic heterocycles. The fourth-order valence-corrected chi connectivity index (χ4v) is 1.97. The van der Waals surface area contributed by atoms with Gasteiger partial charge in [-0.25, -0.2) is 0 Å². The fourth-order valence-electron chi connectivity index (χ4n) is 1.85. The van der Waals surface area contributed by atoms with Gasteiger partial charge in [0.05, 0.1) is 24.7 Å². The molecule has 0 radical (unpaired) electrons. The molecule has 0 spiro atoms. The summed E-state index contributed by atoms with van der Waals surface area (Å²) in [6.45, 7) is 2.09. The van der Waals surface area contributed by atoms with Crippen LogP contribution in [0.5, 0.6) is 5.75 Å². The van der Waals surface area contributed by atoms with Gasteiger partial charge in [-0.05, 0) is 36.8 Å². The predicted molar refractivity (Wildman–Crippen MR) is 85.2 cm³/mol. The topological polar surface area (TPSA) is 60.2 Å². The molecule has 1 atom stereocenters. The lowest BCUT2D eigenvalue weighted by molar-refractivity contribution is 0.414. The van der Waals surface area contributed by atoms with Crippen molar-refractivity contribution >= 4 is 22.9 Å². The van der Waals surface area contributed by atoms with Crippen LogP contribution in [0.15, 0.2) is 42.6 Å². The van der Waals surface area contributed by atoms with Gasteiger partial charge in [-0.3, -0.25) is 4.98 Å². The Balaban J connectivity index is 2.06. The maximum absolute atomic E-state index is 5.52. The number of nitrogens with one attached hydrogen (secondary N) is 1. The van der Waals surface area contributed by atoms with Gasteiger partial charge in [0.2, 0.25) is 0 Å². The molecule has 0 amide bonds. The average molecular weight is 287 g/mol. The highest BCUT2D eigenvalue weighted by atomic mass is 32.1. The highest BCUT2D eigenvalue weighted by molar-refractivity contribution is 7.80. The number of thiocarbonyl (C=S) groups is 1. The minimum absolute atomic E-state index is 0.165. The van der Waals surface area contributed by atoms with Crippen LogP contribution in [0.25, 0.3) is 0 Å². The largest absolute Gasteiger partial charge is 0.497 e. The zero-order valence-electron chi connectivity index (χ0n) is 11.5. The number of nitrogens with two attached hydrogens (primary N) is 1. The van der Waals surface area contributed by atoms with Crippen molar-refractivity contribution < 1.29 is 4.74 Å². The van der Waals surface area contributed by atoms with Crippen molar-refractivity contribution in [1.29, 1.82) is 0 Å². The molecular formula is C15H17N3OS. The van der Waals surface area contributed by atoms with Gasteiger partial charge in [-0.15, -0.1) is 0 Å². The third-order valence-electron chi connectivity index (χ3n) is 3.01. The highest BCUT2D eigenvalue weighted by Gasteiger charge is 2.06. The normalized spacial score (nSPS) is 11.7. The van der Waals surface area contributed by atoms with Gasteiger partial charge >= 0.3 is 0 Å². The van der Waals surface area contributed by atoms with Crippen molar-refractivity contribution in [3.05, 3.63) is 53.9 Å². The van der Waals surface area contributed by atoms with Crippen LogP contribution in [0, 0.1) is 0 Å². The highest BCUT2D eigenvalue weighted by Crippen LogP contribution is 2.21. The first-order valence-electron chi connectivity index (χ1n) is 6.26. The molecule has 0 fully saturated rings. The SMILES string of the molecule is COc1ccc(C(C)Nc2ccc(C(N)=S)nc2)cc1. The molecule has 2 aromatic rings. The number of rotatable bonds is 5. The second kappa shape index (κ2) is 6.34. The summed E-state index contributed by atoms with van der Waals surface area (Å²) in [5.74, 6) is 0.850. The third kappa shape index (κ3) is 3.45. The van der Waals surface area contributed by atoms with E-state index in [0.29, 0.717) is 10.7 Å². The van der Waals surface area contributed by atoms with Crippen LogP contribution in [0.3, 0.4) is 0 Å². The summed E-state index contributed by atoms with van der Waals surface area (Å²) in [7, 11) is 1.66. The fraction of sp³-hybridized carbons (Fsp3) is 0.200. The van der Waals surface area contributed by atoms with Crippen LogP contribution < -0.4 is 15.8 Å². The van der Waals surface area contributed by atoms with Crippen molar-refractivity contribution in [2.24, 2.45) is 5.73 Å². The van der Waals surface area contributed by atoms with Gasteiger partial charge < -0.3 is 15.8 Å². The molecule has 0 aliphatic rings. The zero-order chi connectivity index (χ0) is 14.5. The maximum atomic E-state index is 5.52. The van der Waals surface area contributed by atoms with Crippen LogP contribution in [0.4, 0.5) is 5.69 Å². The Morgan fingerprint density at radius 3 is 2.45 bits per heavy atom. The number of aromatic nitrogens is 1. The van der Waals surface area contributed by atoms with E-state index in [4.69, 9.17) is 22.7 Å². The Labute approximate surface area is 124 Å². The Morgan fingerprint density at radius 2 is 1.95 bits per heavy atom. The van der Waals surface area contributed by atoms with Gasteiger partial charge in [0.25, 0.3) is 0 Å². The molecule has 3 N–H and O–H groups in total. The van der Waals surface area contributed by atoms with Crippen molar-refractivity contribution in [3.8, 4) is 5.75 Å². The number of hydrogen-bond acceptors (Lipinski definition) is 4. The lowest BCUT2D eigenvalue weighted by Crippen LogP contribution is -2.12. The lowest BCUT2D eigenvalue weighted by Gasteiger charge is -2.16. The Bertz CT molecular complexity index is 581. The minimum Gasteiger partial charge on any atom is -0.497 e. The van der Waals surface area contributed by atoms with E-state index in [0.717, 1.165) is 11.4 Å². The van der Waals surface area contributed by atoms with Crippen LogP contribution in [0.1, 0.15) is 24.2 Å². The standard InChI is InChI=1S/C15H17N3OS/c1-10(11-3-6-13(19-2)7-4-11)18-12-5-8-14(15(16)20)17-9-12/h3-10,18H,1-2H3,(H2,16,20). The van der Waals surface area contributed by atoms with Gasteiger partial charge in [0.15, 0.2) is 0 Å². The van der Waals surface area contributed by atoms with E-state index in [9.17, 15) is 0 Å². The molecule has 20 heavy (non-hydrogen) atoms. The van der Waals surface area contributed by atoms with E-state index in [-0.39, 0.29) is 6.04 Å². The second-order valence-electron chi connectivity index (χ2n) is 4.44. The average Bonchev–Trinajstić information content (AvgIpc) is 2.48. The van der Waals surface area contributed by atoms with Crippen LogP contribution in [0.2, 0.25) is 0 Å². The summed E-state index contributed by atoms with van der Waals surface area (Å²) in [6.07, 6.45) is 1.73. The second-order valence-corrected chi connectivity index (χ2v) is 4.88. The molecule has 1 heterocycles. The van der Waals surface area contributed by atoms with Crippen molar-refractivity contribution in [2.75, 3.05) is 12.4 Å². The molecule has 1 aromatic carbocycles. The molecule has 4 nitrogen and oxygen atoms in total. The zero-order valence-corrected chi connectivity index (χ0v) is 12.3. The van der Waals surface area contributed by atoms with Gasteiger partial charge in [-0.2, -0.15) is 0 Å². The molecule has 104 valence electrons. The monoisotopic (exact) mass is 287 g/mol. The number of benzene rings is 1. The molecule has 5 heteroatoms. The number of nitrogens with zero attached hydrogens (tertiary/aromatic N) is 1. The van der Waals surface area contributed by atoms with E-state index in [1.54, 1.807) is 13.3 Å². The maximum Gasteiger partial charge on any atom is 0.122 e. The van der Waals surface area contributed by atoms with E-state index in [1.807, 2.05) is 36.4 Å². The first-order chi connectivity index (χ1) is 9.60. The molecule has 1 unspecified atom stereocenters. The number of pyridine rings is 1. The minimum atomic E-state index is 0.165. The molecule has 0 bridgehead atoms. The quantitative estimate of drug-likeness (QED) is 0.828. The summed E-state index contributed by atoms with van der Waals surface area (Å²) in [4.78, 5) is 4.51. The Hall–Kier alpha value is -2.14. The van der Waals surface area contributed by atoms with E-state index in [2.05, 4.69) is 17.2 Å². The van der Waals surface area contributed by atoms with E-state index >= 15 is 0 Å². The van der Waals surface area contributed by atoms with Gasteiger partial charge in [0, 0.05) is 6.04 Å². The number of anilines is 1. The Morgan fingerprint density at radius 1 is 1.25 bits per heavy atom. The van der Waals surface area contributed by atoms with E-state index < -0.39 is 0 Å². The molecule has 0 saturated carbocycles. The van der Waals surface area contributed by atoms with Gasteiger partial charge in [0.1, 0.15) is 10.7 Å². The van der Waals surface area contributed by atoms with Crippen molar-refractivity contribution in [2.45, 2.75) is 13.0 Å².